The number of anilines is 1. The largest absolute Gasteiger partial charge is 0.431 e. The zero-order valence-electron chi connectivity index (χ0n) is 11.5. The summed E-state index contributed by atoms with van der Waals surface area (Å²) in [6.07, 6.45) is 0. The number of fused-ring (bicyclic) bond motifs is 1. The van der Waals surface area contributed by atoms with Gasteiger partial charge in [0.2, 0.25) is 0 Å². The Morgan fingerprint density at radius 3 is 2.85 bits per heavy atom. The van der Waals surface area contributed by atoms with Crippen LogP contribution in [0.15, 0.2) is 46.0 Å². The molecule has 1 heterocycles. The summed E-state index contributed by atoms with van der Waals surface area (Å²) in [4.78, 5) is 4.46. The summed E-state index contributed by atoms with van der Waals surface area (Å²) in [5.41, 5.74) is 11.9. The number of nitrogen functional groups attached to an aromatic ring is 1. The van der Waals surface area contributed by atoms with Crippen molar-refractivity contribution in [2.24, 2.45) is 0 Å². The molecule has 3 aromatic rings. The molecule has 0 fully saturated rings. The van der Waals surface area contributed by atoms with Gasteiger partial charge in [-0.3, -0.25) is 0 Å². The number of hydrogen-bond donors (Lipinski definition) is 1. The van der Waals surface area contributed by atoms with Crippen LogP contribution in [0.25, 0.3) is 11.1 Å². The molecule has 0 spiro atoms. The molecule has 0 amide bonds. The van der Waals surface area contributed by atoms with E-state index in [2.05, 4.69) is 37.0 Å². The molecule has 0 bridgehead atoms. The van der Waals surface area contributed by atoms with Crippen molar-refractivity contribution in [3.8, 4) is 0 Å². The number of thioether (sulfide) groups is 1. The fraction of sp³-hybridized carbons (Fsp3) is 0.188. The van der Waals surface area contributed by atoms with Crippen molar-refractivity contribution in [1.29, 1.82) is 0 Å². The molecule has 0 saturated heterocycles. The molecule has 0 aliphatic heterocycles. The van der Waals surface area contributed by atoms with E-state index in [0.29, 0.717) is 10.9 Å². The molecule has 0 aliphatic rings. The van der Waals surface area contributed by atoms with Crippen LogP contribution in [0.4, 0.5) is 5.69 Å². The molecule has 3 nitrogen and oxygen atoms in total. The molecule has 2 aromatic carbocycles. The number of rotatable bonds is 3. The van der Waals surface area contributed by atoms with Crippen molar-refractivity contribution in [3.05, 3.63) is 53.1 Å². The molecule has 3 rings (SSSR count). The van der Waals surface area contributed by atoms with E-state index in [1.54, 1.807) is 11.8 Å². The minimum absolute atomic E-state index is 0.687. The van der Waals surface area contributed by atoms with Gasteiger partial charge in [-0.15, -0.1) is 0 Å². The third-order valence-corrected chi connectivity index (χ3v) is 4.12. The lowest BCUT2D eigenvalue weighted by atomic mass is 10.1. The van der Waals surface area contributed by atoms with E-state index in [0.717, 1.165) is 16.9 Å². The smallest absolute Gasteiger partial charge is 0.257 e. The predicted molar refractivity (Wildman–Crippen MR) is 83.9 cm³/mol. The summed E-state index contributed by atoms with van der Waals surface area (Å²) < 4.78 is 5.71. The van der Waals surface area contributed by atoms with Crippen molar-refractivity contribution in [2.75, 3.05) is 5.73 Å². The first kappa shape index (κ1) is 13.1. The molecule has 0 saturated carbocycles. The first-order chi connectivity index (χ1) is 9.61. The Morgan fingerprint density at radius 1 is 1.15 bits per heavy atom. The van der Waals surface area contributed by atoms with Crippen molar-refractivity contribution >= 4 is 28.5 Å². The van der Waals surface area contributed by atoms with Gasteiger partial charge >= 0.3 is 0 Å². The highest BCUT2D eigenvalue weighted by Gasteiger charge is 2.08. The highest BCUT2D eigenvalue weighted by atomic mass is 32.2. The van der Waals surface area contributed by atoms with E-state index in [-0.39, 0.29) is 0 Å². The summed E-state index contributed by atoms with van der Waals surface area (Å²) in [7, 11) is 0. The highest BCUT2D eigenvalue weighted by molar-refractivity contribution is 7.98. The average molecular weight is 284 g/mol. The summed E-state index contributed by atoms with van der Waals surface area (Å²) in [6.45, 7) is 4.23. The number of hydrogen-bond acceptors (Lipinski definition) is 4. The lowest BCUT2D eigenvalue weighted by Crippen LogP contribution is -1.87. The molecule has 0 unspecified atom stereocenters. The van der Waals surface area contributed by atoms with Gasteiger partial charge < -0.3 is 10.2 Å². The second kappa shape index (κ2) is 5.21. The monoisotopic (exact) mass is 284 g/mol. The Hall–Kier alpha value is -1.94. The van der Waals surface area contributed by atoms with Crippen LogP contribution in [-0.2, 0) is 5.75 Å². The molecule has 2 N–H and O–H groups in total. The SMILES string of the molecule is Cc1ccc(C)c(CSc2nc3cc(N)ccc3o2)c1. The van der Waals surface area contributed by atoms with Crippen LogP contribution in [0.3, 0.4) is 0 Å². The van der Waals surface area contributed by atoms with Crippen molar-refractivity contribution < 1.29 is 4.42 Å². The quantitative estimate of drug-likeness (QED) is 0.575. The van der Waals surface area contributed by atoms with Crippen molar-refractivity contribution in [2.45, 2.75) is 24.8 Å². The Bertz CT molecular complexity index is 764. The van der Waals surface area contributed by atoms with Crippen LogP contribution >= 0.6 is 11.8 Å². The normalized spacial score (nSPS) is 11.1. The maximum atomic E-state index is 5.75. The molecule has 4 heteroatoms. The molecular formula is C16H16N2OS. The van der Waals surface area contributed by atoms with Crippen LogP contribution in [0, 0.1) is 13.8 Å². The molecule has 0 aliphatic carbocycles. The fourth-order valence-corrected chi connectivity index (χ4v) is 2.98. The van der Waals surface area contributed by atoms with Crippen LogP contribution in [0.1, 0.15) is 16.7 Å². The minimum atomic E-state index is 0.687. The second-order valence-electron chi connectivity index (χ2n) is 4.93. The molecule has 20 heavy (non-hydrogen) atoms. The Labute approximate surface area is 122 Å². The highest BCUT2D eigenvalue weighted by Crippen LogP contribution is 2.28. The lowest BCUT2D eigenvalue weighted by molar-refractivity contribution is 0.489. The molecule has 0 radical (unpaired) electrons. The Morgan fingerprint density at radius 2 is 2.00 bits per heavy atom. The van der Waals surface area contributed by atoms with E-state index < -0.39 is 0 Å². The van der Waals surface area contributed by atoms with Crippen LogP contribution in [0.2, 0.25) is 0 Å². The van der Waals surface area contributed by atoms with E-state index in [4.69, 9.17) is 10.2 Å². The number of oxazole rings is 1. The molecule has 0 atom stereocenters. The van der Waals surface area contributed by atoms with Gasteiger partial charge in [-0.25, -0.2) is 4.98 Å². The van der Waals surface area contributed by atoms with Crippen molar-refractivity contribution in [3.63, 3.8) is 0 Å². The summed E-state index contributed by atoms with van der Waals surface area (Å²) in [6, 6.07) is 12.0. The average Bonchev–Trinajstić information content (AvgIpc) is 2.81. The molecule has 1 aromatic heterocycles. The van der Waals surface area contributed by atoms with Crippen LogP contribution in [0.5, 0.6) is 0 Å². The summed E-state index contributed by atoms with van der Waals surface area (Å²) in [5, 5.41) is 0.687. The first-order valence-corrected chi connectivity index (χ1v) is 7.45. The topological polar surface area (TPSA) is 52.0 Å². The van der Waals surface area contributed by atoms with Crippen LogP contribution in [-0.4, -0.2) is 4.98 Å². The van der Waals surface area contributed by atoms with E-state index in [1.807, 2.05) is 18.2 Å². The predicted octanol–water partition coefficient (Wildman–Crippen LogP) is 4.32. The molecular weight excluding hydrogens is 268 g/mol. The third kappa shape index (κ3) is 2.65. The van der Waals surface area contributed by atoms with E-state index >= 15 is 0 Å². The standard InChI is InChI=1S/C16H16N2OS/c1-10-3-4-11(2)12(7-10)9-20-16-18-14-8-13(17)5-6-15(14)19-16/h3-8H,9,17H2,1-2H3. The van der Waals surface area contributed by atoms with Gasteiger partial charge in [0, 0.05) is 11.4 Å². The van der Waals surface area contributed by atoms with Crippen molar-refractivity contribution in [1.82, 2.24) is 4.98 Å². The van der Waals surface area contributed by atoms with E-state index in [1.165, 1.54) is 16.7 Å². The zero-order chi connectivity index (χ0) is 14.1. The van der Waals surface area contributed by atoms with Gasteiger partial charge in [-0.05, 0) is 43.2 Å². The Balaban J connectivity index is 1.81. The zero-order valence-corrected chi connectivity index (χ0v) is 12.3. The maximum absolute atomic E-state index is 5.75. The lowest BCUT2D eigenvalue weighted by Gasteiger charge is -2.04. The number of aryl methyl sites for hydroxylation is 2. The second-order valence-corrected chi connectivity index (χ2v) is 5.85. The third-order valence-electron chi connectivity index (χ3n) is 3.25. The number of aromatic nitrogens is 1. The molecule has 102 valence electrons. The van der Waals surface area contributed by atoms with Gasteiger partial charge in [0.1, 0.15) is 5.52 Å². The Kier molecular flexibility index (Phi) is 3.40. The van der Waals surface area contributed by atoms with Gasteiger partial charge in [0.05, 0.1) is 0 Å². The van der Waals surface area contributed by atoms with Gasteiger partial charge in [-0.1, -0.05) is 35.5 Å². The van der Waals surface area contributed by atoms with Gasteiger partial charge in [0.25, 0.3) is 5.22 Å². The van der Waals surface area contributed by atoms with E-state index in [9.17, 15) is 0 Å². The number of nitrogens with zero attached hydrogens (tertiary/aromatic N) is 1. The number of benzene rings is 2. The van der Waals surface area contributed by atoms with Gasteiger partial charge in [0.15, 0.2) is 5.58 Å². The number of nitrogens with two attached hydrogens (primary N) is 1. The van der Waals surface area contributed by atoms with Crippen LogP contribution < -0.4 is 5.73 Å². The maximum Gasteiger partial charge on any atom is 0.257 e. The summed E-state index contributed by atoms with van der Waals surface area (Å²) >= 11 is 1.61. The minimum Gasteiger partial charge on any atom is -0.431 e. The van der Waals surface area contributed by atoms with Gasteiger partial charge in [-0.2, -0.15) is 0 Å². The fourth-order valence-electron chi connectivity index (χ4n) is 2.08. The summed E-state index contributed by atoms with van der Waals surface area (Å²) in [5.74, 6) is 0.857. The first-order valence-electron chi connectivity index (χ1n) is 6.47.